The molecule has 0 heterocycles. The van der Waals surface area contributed by atoms with E-state index in [1.165, 1.54) is 77.0 Å². The van der Waals surface area contributed by atoms with Gasteiger partial charge in [-0.25, -0.2) is 0 Å². The molecule has 0 aromatic heterocycles. The number of allylic oxidation sites excluding steroid dienone is 2. The molecule has 0 spiro atoms. The summed E-state index contributed by atoms with van der Waals surface area (Å²) >= 11 is 0. The molecule has 0 aromatic rings. The predicted molar refractivity (Wildman–Crippen MR) is 108 cm³/mol. The summed E-state index contributed by atoms with van der Waals surface area (Å²) in [7, 11) is 0. The molecule has 1 rings (SSSR count). The van der Waals surface area contributed by atoms with Gasteiger partial charge in [-0.15, -0.1) is 0 Å². The van der Waals surface area contributed by atoms with Crippen molar-refractivity contribution in [1.29, 1.82) is 0 Å². The maximum atomic E-state index is 10.0. The molecule has 1 unspecified atom stereocenters. The summed E-state index contributed by atoms with van der Waals surface area (Å²) in [4.78, 5) is 10.0. The van der Waals surface area contributed by atoms with Crippen molar-refractivity contribution in [3.05, 3.63) is 31.2 Å². The molecule has 142 valence electrons. The first-order valence-electron chi connectivity index (χ1n) is 10.2. The van der Waals surface area contributed by atoms with Gasteiger partial charge >= 0.3 is 31.1 Å². The van der Waals surface area contributed by atoms with Crippen molar-refractivity contribution in [2.45, 2.75) is 103 Å². The number of carbonyl (C=O) groups excluding carboxylic acids is 1. The summed E-state index contributed by atoms with van der Waals surface area (Å²) in [6.07, 6.45) is 25.0. The van der Waals surface area contributed by atoms with Gasteiger partial charge in [-0.2, -0.15) is 19.3 Å². The fraction of sp³-hybridized carbons (Fsp3) is 0.739. The van der Waals surface area contributed by atoms with Crippen LogP contribution >= 0.6 is 0 Å². The fourth-order valence-corrected chi connectivity index (χ4v) is 3.03. The summed E-state index contributed by atoms with van der Waals surface area (Å²) in [5.41, 5.74) is 1.16. The monoisotopic (exact) mass is 570 g/mol. The van der Waals surface area contributed by atoms with Crippen LogP contribution in [-0.4, -0.2) is 6.29 Å². The molecule has 1 fully saturated rings. The van der Waals surface area contributed by atoms with E-state index in [1.54, 1.807) is 0 Å². The minimum Gasteiger partial charge on any atom is -0.542 e. The molecule has 1 saturated carbocycles. The second-order valence-corrected chi connectivity index (χ2v) is 7.24. The third-order valence-corrected chi connectivity index (χ3v) is 4.78. The van der Waals surface area contributed by atoms with Crippen LogP contribution in [0.1, 0.15) is 103 Å². The molecule has 0 amide bonds. The first-order valence-corrected chi connectivity index (χ1v) is 10.2. The van der Waals surface area contributed by atoms with Gasteiger partial charge in [0.25, 0.3) is 0 Å². The number of hydrogen-bond acceptors (Lipinski definition) is 1. The summed E-state index contributed by atoms with van der Waals surface area (Å²) in [5.74, 6) is 0.827. The van der Waals surface area contributed by atoms with Gasteiger partial charge in [-0.05, 0) is 18.8 Å². The van der Waals surface area contributed by atoms with Crippen LogP contribution in [0.3, 0.4) is 0 Å². The zero-order valence-corrected chi connectivity index (χ0v) is 20.8. The molecule has 0 saturated heterocycles. The third kappa shape index (κ3) is 22.2. The largest absolute Gasteiger partial charge is 2.00 e. The Bertz CT molecular complexity index is 296. The van der Waals surface area contributed by atoms with Crippen LogP contribution in [0, 0.1) is 43.5 Å². The van der Waals surface area contributed by atoms with Crippen LogP contribution in [0.15, 0.2) is 24.8 Å². The van der Waals surface area contributed by atoms with E-state index in [0.717, 1.165) is 24.3 Å². The Morgan fingerprint density at radius 1 is 1.04 bits per heavy atom. The normalized spacial score (nSPS) is 14.4. The van der Waals surface area contributed by atoms with E-state index >= 15 is 0 Å². The molecule has 0 radical (unpaired) electrons. The van der Waals surface area contributed by atoms with Crippen LogP contribution in [0.2, 0.25) is 0 Å². The molecule has 0 aromatic carbocycles. The van der Waals surface area contributed by atoms with Gasteiger partial charge in [-0.3, -0.25) is 6.29 Å². The topological polar surface area (TPSA) is 17.1 Å². The van der Waals surface area contributed by atoms with E-state index in [0.29, 0.717) is 6.42 Å². The van der Waals surface area contributed by atoms with Crippen molar-refractivity contribution >= 4 is 6.29 Å². The number of unbranched alkanes of at least 4 members (excludes halogenated alkanes) is 5. The second kappa shape index (κ2) is 22.2. The van der Waals surface area contributed by atoms with Crippen molar-refractivity contribution in [2.24, 2.45) is 5.92 Å². The van der Waals surface area contributed by atoms with Crippen LogP contribution in [0.25, 0.3) is 0 Å². The zero-order valence-electron chi connectivity index (χ0n) is 16.7. The summed E-state index contributed by atoms with van der Waals surface area (Å²) in [6.45, 7) is 9.99. The Balaban J connectivity index is 0. The van der Waals surface area contributed by atoms with Crippen molar-refractivity contribution in [3.63, 3.8) is 0 Å². The summed E-state index contributed by atoms with van der Waals surface area (Å²) < 4.78 is 0. The van der Waals surface area contributed by atoms with E-state index in [1.807, 2.05) is 12.4 Å². The Morgan fingerprint density at radius 2 is 1.64 bits per heavy atom. The maximum Gasteiger partial charge on any atom is 2.00 e. The van der Waals surface area contributed by atoms with Crippen molar-refractivity contribution < 1.29 is 35.9 Å². The van der Waals surface area contributed by atoms with Gasteiger partial charge < -0.3 is 11.2 Å². The molecule has 1 nitrogen and oxygen atoms in total. The quantitative estimate of drug-likeness (QED) is 0.127. The molecular formula is C23H40OU. The van der Waals surface area contributed by atoms with Gasteiger partial charge in [-0.1, -0.05) is 95.9 Å². The van der Waals surface area contributed by atoms with E-state index in [-0.39, 0.29) is 31.1 Å². The molecule has 25 heavy (non-hydrogen) atoms. The molecular weight excluding hydrogens is 530 g/mol. The first-order chi connectivity index (χ1) is 11.7. The van der Waals surface area contributed by atoms with E-state index < -0.39 is 0 Å². The van der Waals surface area contributed by atoms with Crippen molar-refractivity contribution in [2.75, 3.05) is 0 Å². The molecule has 0 aliphatic heterocycles. The molecule has 1 aliphatic rings. The van der Waals surface area contributed by atoms with Gasteiger partial charge in [0.05, 0.1) is 0 Å². The van der Waals surface area contributed by atoms with Crippen LogP contribution in [0.5, 0.6) is 0 Å². The van der Waals surface area contributed by atoms with Crippen LogP contribution in [0.4, 0.5) is 0 Å². The predicted octanol–water partition coefficient (Wildman–Crippen LogP) is 7.53. The van der Waals surface area contributed by atoms with Gasteiger partial charge in [0.15, 0.2) is 0 Å². The summed E-state index contributed by atoms with van der Waals surface area (Å²) in [5, 5.41) is 0. The molecule has 1 atom stereocenters. The van der Waals surface area contributed by atoms with Gasteiger partial charge in [0.2, 0.25) is 0 Å². The SMILES string of the molecule is C=CC(=C)CCCCCC(C)CCCCC[C-]=O.[CH-]1CCCCC1.[U+2]. The van der Waals surface area contributed by atoms with Crippen LogP contribution < -0.4 is 0 Å². The molecule has 0 N–H and O–H groups in total. The van der Waals surface area contributed by atoms with Gasteiger partial charge in [0.1, 0.15) is 0 Å². The third-order valence-electron chi connectivity index (χ3n) is 4.78. The van der Waals surface area contributed by atoms with Crippen LogP contribution in [-0.2, 0) is 4.79 Å². The standard InChI is InChI=1S/C17H29O.C6H11.U/c1-4-16(2)12-9-7-10-14-17(3)13-8-5-6-11-15-18;1-2-4-6-5-3-1;/h4,17H,1-2,5-14H2,3H3;1H,2-6H2;/q2*-1;+2. The Morgan fingerprint density at radius 3 is 2.08 bits per heavy atom. The first kappa shape index (κ1) is 27.4. The number of hydrogen-bond donors (Lipinski definition) is 0. The minimum absolute atomic E-state index is 0. The van der Waals surface area contributed by atoms with E-state index in [9.17, 15) is 4.79 Å². The van der Waals surface area contributed by atoms with Crippen molar-refractivity contribution in [3.8, 4) is 0 Å². The van der Waals surface area contributed by atoms with Gasteiger partial charge in [0, 0.05) is 0 Å². The average Bonchev–Trinajstić information content (AvgIpc) is 2.63. The van der Waals surface area contributed by atoms with E-state index in [4.69, 9.17) is 0 Å². The summed E-state index contributed by atoms with van der Waals surface area (Å²) in [6, 6.07) is 0. The molecule has 0 bridgehead atoms. The molecule has 2 heteroatoms. The number of rotatable bonds is 13. The Labute approximate surface area is 181 Å². The maximum absolute atomic E-state index is 10.0. The smallest absolute Gasteiger partial charge is 0.542 e. The van der Waals surface area contributed by atoms with E-state index in [2.05, 4.69) is 26.5 Å². The minimum atomic E-state index is 0. The van der Waals surface area contributed by atoms with Crippen molar-refractivity contribution in [1.82, 2.24) is 0 Å². The zero-order chi connectivity index (χ0) is 17.9. The second-order valence-electron chi connectivity index (χ2n) is 7.24. The Kier molecular flexibility index (Phi) is 24.4. The fourth-order valence-electron chi connectivity index (χ4n) is 3.03. The Hall–Kier alpha value is 0.202. The molecule has 1 aliphatic carbocycles. The average molecular weight is 571 g/mol.